The summed E-state index contributed by atoms with van der Waals surface area (Å²) in [5, 5.41) is 4.23. The molecule has 4 nitrogen and oxygen atoms in total. The first-order valence-corrected chi connectivity index (χ1v) is 9.31. The molecule has 128 valence electrons. The van der Waals surface area contributed by atoms with Crippen molar-refractivity contribution >= 4 is 5.90 Å². The van der Waals surface area contributed by atoms with Gasteiger partial charge in [-0.3, -0.25) is 4.90 Å². The summed E-state index contributed by atoms with van der Waals surface area (Å²) >= 11 is 0. The van der Waals surface area contributed by atoms with Crippen molar-refractivity contribution in [2.24, 2.45) is 17.0 Å². The number of hydrogen-bond acceptors (Lipinski definition) is 4. The van der Waals surface area contributed by atoms with Crippen LogP contribution in [0, 0.1) is 11.8 Å². The van der Waals surface area contributed by atoms with Gasteiger partial charge >= 0.3 is 0 Å². The van der Waals surface area contributed by atoms with Crippen molar-refractivity contribution in [3.05, 3.63) is 0 Å². The molecule has 0 spiro atoms. The van der Waals surface area contributed by atoms with Crippen LogP contribution in [0.2, 0.25) is 0 Å². The van der Waals surface area contributed by atoms with Crippen LogP contribution < -0.4 is 0 Å². The van der Waals surface area contributed by atoms with E-state index in [4.69, 9.17) is 9.57 Å². The van der Waals surface area contributed by atoms with E-state index in [1.54, 1.807) is 0 Å². The van der Waals surface area contributed by atoms with Gasteiger partial charge in [-0.1, -0.05) is 45.2 Å². The summed E-state index contributed by atoms with van der Waals surface area (Å²) in [5.41, 5.74) is 0. The lowest BCUT2D eigenvalue weighted by atomic mass is 9.90. The van der Waals surface area contributed by atoms with Crippen LogP contribution in [-0.2, 0) is 9.57 Å². The SMILES string of the molecule is CCCC(C)CC(CC)C1=NOCC(CN2CCCCC2)O1. The molecule has 0 aromatic heterocycles. The number of ether oxygens (including phenoxy) is 1. The van der Waals surface area contributed by atoms with Crippen LogP contribution >= 0.6 is 0 Å². The minimum absolute atomic E-state index is 0.154. The first-order valence-electron chi connectivity index (χ1n) is 9.31. The number of likely N-dealkylation sites (tertiary alicyclic amines) is 1. The summed E-state index contributed by atoms with van der Waals surface area (Å²) in [5.74, 6) is 1.98. The third-order valence-electron chi connectivity index (χ3n) is 4.92. The van der Waals surface area contributed by atoms with Gasteiger partial charge in [0, 0.05) is 12.5 Å². The average molecular weight is 310 g/mol. The Hall–Kier alpha value is -0.770. The van der Waals surface area contributed by atoms with E-state index in [1.165, 1.54) is 45.2 Å². The van der Waals surface area contributed by atoms with Crippen LogP contribution in [0.1, 0.15) is 65.7 Å². The van der Waals surface area contributed by atoms with Gasteiger partial charge in [0.2, 0.25) is 5.90 Å². The fourth-order valence-corrected chi connectivity index (χ4v) is 3.64. The molecular formula is C18H34N2O2. The number of oxime groups is 1. The number of rotatable bonds is 8. The summed E-state index contributed by atoms with van der Waals surface area (Å²) in [6, 6.07) is 0. The summed E-state index contributed by atoms with van der Waals surface area (Å²) in [6.07, 6.45) is 8.93. The Morgan fingerprint density at radius 2 is 2.00 bits per heavy atom. The van der Waals surface area contributed by atoms with Gasteiger partial charge in [-0.05, 0) is 44.7 Å². The molecule has 3 atom stereocenters. The molecule has 2 aliphatic heterocycles. The maximum absolute atomic E-state index is 6.20. The Kier molecular flexibility index (Phi) is 7.50. The second-order valence-corrected chi connectivity index (χ2v) is 7.06. The highest BCUT2D eigenvalue weighted by molar-refractivity contribution is 5.78. The van der Waals surface area contributed by atoms with Gasteiger partial charge < -0.3 is 9.57 Å². The summed E-state index contributed by atoms with van der Waals surface area (Å²) < 4.78 is 6.20. The van der Waals surface area contributed by atoms with Crippen molar-refractivity contribution < 1.29 is 9.57 Å². The van der Waals surface area contributed by atoms with E-state index in [1.807, 2.05) is 0 Å². The first kappa shape index (κ1) is 17.6. The molecule has 22 heavy (non-hydrogen) atoms. The molecule has 0 aliphatic carbocycles. The highest BCUT2D eigenvalue weighted by atomic mass is 16.7. The first-order chi connectivity index (χ1) is 10.7. The van der Waals surface area contributed by atoms with Crippen LogP contribution in [0.25, 0.3) is 0 Å². The van der Waals surface area contributed by atoms with Crippen LogP contribution in [0.3, 0.4) is 0 Å². The van der Waals surface area contributed by atoms with E-state index in [0.29, 0.717) is 12.5 Å². The van der Waals surface area contributed by atoms with E-state index in [-0.39, 0.29) is 6.10 Å². The predicted molar refractivity (Wildman–Crippen MR) is 91.0 cm³/mol. The molecule has 2 heterocycles. The zero-order chi connectivity index (χ0) is 15.8. The standard InChI is InChI=1S/C18H34N2O2/c1-4-9-15(3)12-16(5-2)18-19-21-14-17(22-18)13-20-10-7-6-8-11-20/h15-17H,4-14H2,1-3H3. The van der Waals surface area contributed by atoms with Gasteiger partial charge in [-0.15, -0.1) is 0 Å². The van der Waals surface area contributed by atoms with Crippen molar-refractivity contribution in [2.75, 3.05) is 26.2 Å². The number of nitrogens with zero attached hydrogens (tertiary/aromatic N) is 2. The van der Waals surface area contributed by atoms with E-state index in [0.717, 1.165) is 31.2 Å². The highest BCUT2D eigenvalue weighted by Gasteiger charge is 2.28. The highest BCUT2D eigenvalue weighted by Crippen LogP contribution is 2.24. The molecule has 0 amide bonds. The molecule has 4 heteroatoms. The zero-order valence-electron chi connectivity index (χ0n) is 14.7. The molecular weight excluding hydrogens is 276 g/mol. The van der Waals surface area contributed by atoms with Gasteiger partial charge in [0.15, 0.2) is 6.61 Å². The molecule has 0 aromatic carbocycles. The minimum Gasteiger partial charge on any atom is -0.470 e. The largest absolute Gasteiger partial charge is 0.470 e. The predicted octanol–water partition coefficient (Wildman–Crippen LogP) is 4.05. The molecule has 0 N–H and O–H groups in total. The van der Waals surface area contributed by atoms with Gasteiger partial charge in [-0.25, -0.2) is 0 Å². The van der Waals surface area contributed by atoms with E-state index < -0.39 is 0 Å². The average Bonchev–Trinajstić information content (AvgIpc) is 2.54. The molecule has 0 aromatic rings. The third kappa shape index (κ3) is 5.45. The lowest BCUT2D eigenvalue weighted by Crippen LogP contribution is -2.42. The van der Waals surface area contributed by atoms with Crippen LogP contribution in [0.5, 0.6) is 0 Å². The van der Waals surface area contributed by atoms with Crippen molar-refractivity contribution in [1.82, 2.24) is 4.90 Å². The number of hydrogen-bond donors (Lipinski definition) is 0. The van der Waals surface area contributed by atoms with Gasteiger partial charge in [0.1, 0.15) is 6.10 Å². The van der Waals surface area contributed by atoms with Crippen LogP contribution in [-0.4, -0.2) is 43.1 Å². The fraction of sp³-hybridized carbons (Fsp3) is 0.944. The summed E-state index contributed by atoms with van der Waals surface area (Å²) in [4.78, 5) is 8.01. The Morgan fingerprint density at radius 3 is 2.68 bits per heavy atom. The van der Waals surface area contributed by atoms with Gasteiger partial charge in [0.05, 0.1) is 0 Å². The molecule has 2 rings (SSSR count). The third-order valence-corrected chi connectivity index (χ3v) is 4.92. The normalized spacial score (nSPS) is 25.8. The Balaban J connectivity index is 1.83. The Bertz CT molecular complexity index is 340. The monoisotopic (exact) mass is 310 g/mol. The Morgan fingerprint density at radius 1 is 1.23 bits per heavy atom. The zero-order valence-corrected chi connectivity index (χ0v) is 14.7. The molecule has 1 saturated heterocycles. The topological polar surface area (TPSA) is 34.1 Å². The quantitative estimate of drug-likeness (QED) is 0.678. The molecule has 3 unspecified atom stereocenters. The second-order valence-electron chi connectivity index (χ2n) is 7.06. The maximum Gasteiger partial charge on any atom is 0.229 e. The van der Waals surface area contributed by atoms with E-state index >= 15 is 0 Å². The molecule has 2 aliphatic rings. The molecule has 0 bridgehead atoms. The van der Waals surface area contributed by atoms with Gasteiger partial charge in [-0.2, -0.15) is 0 Å². The van der Waals surface area contributed by atoms with E-state index in [9.17, 15) is 0 Å². The second kappa shape index (κ2) is 9.39. The lowest BCUT2D eigenvalue weighted by Gasteiger charge is -2.33. The van der Waals surface area contributed by atoms with E-state index in [2.05, 4.69) is 30.8 Å². The molecule has 0 saturated carbocycles. The minimum atomic E-state index is 0.154. The fourth-order valence-electron chi connectivity index (χ4n) is 3.64. The summed E-state index contributed by atoms with van der Waals surface area (Å²) in [7, 11) is 0. The molecule has 0 radical (unpaired) electrons. The van der Waals surface area contributed by atoms with Gasteiger partial charge in [0.25, 0.3) is 0 Å². The smallest absolute Gasteiger partial charge is 0.229 e. The lowest BCUT2D eigenvalue weighted by molar-refractivity contribution is -0.0162. The van der Waals surface area contributed by atoms with Crippen molar-refractivity contribution in [2.45, 2.75) is 71.8 Å². The Labute approximate surface area is 136 Å². The van der Waals surface area contributed by atoms with Crippen LogP contribution in [0.4, 0.5) is 0 Å². The molecule has 1 fully saturated rings. The number of piperidine rings is 1. The van der Waals surface area contributed by atoms with Crippen molar-refractivity contribution in [1.29, 1.82) is 0 Å². The van der Waals surface area contributed by atoms with Crippen molar-refractivity contribution in [3.63, 3.8) is 0 Å². The van der Waals surface area contributed by atoms with Crippen molar-refractivity contribution in [3.8, 4) is 0 Å². The summed E-state index contributed by atoms with van der Waals surface area (Å²) in [6.45, 7) is 10.8. The van der Waals surface area contributed by atoms with Crippen LogP contribution in [0.15, 0.2) is 5.16 Å². The maximum atomic E-state index is 6.20.